The number of hydrogen-bond acceptors (Lipinski definition) is 4. The van der Waals surface area contributed by atoms with Crippen molar-refractivity contribution in [3.63, 3.8) is 0 Å². The zero-order valence-electron chi connectivity index (χ0n) is 14.4. The van der Waals surface area contributed by atoms with Crippen LogP contribution in [-0.2, 0) is 4.79 Å². The standard InChI is InChI=1S/C19H20BrN3O2S/c1-22-8-10-23(11-9-22)19(25)16(13-14-4-6-15(20)7-5-14)21-18(24)17-3-2-12-26-17/h2-7,12-13H,8-11H2,1H3,(H,21,24). The fourth-order valence-corrected chi connectivity index (χ4v) is 3.53. The Morgan fingerprint density at radius 1 is 1.12 bits per heavy atom. The smallest absolute Gasteiger partial charge is 0.270 e. The van der Waals surface area contributed by atoms with Crippen LogP contribution in [0.4, 0.5) is 0 Å². The lowest BCUT2D eigenvalue weighted by Crippen LogP contribution is -2.49. The summed E-state index contributed by atoms with van der Waals surface area (Å²) in [6, 6.07) is 11.2. The van der Waals surface area contributed by atoms with E-state index in [0.29, 0.717) is 23.7 Å². The molecule has 0 saturated carbocycles. The molecule has 1 saturated heterocycles. The van der Waals surface area contributed by atoms with Gasteiger partial charge in [-0.25, -0.2) is 0 Å². The number of carbonyl (C=O) groups is 2. The number of thiophene rings is 1. The van der Waals surface area contributed by atoms with Gasteiger partial charge in [0, 0.05) is 30.7 Å². The molecule has 136 valence electrons. The number of rotatable bonds is 4. The minimum Gasteiger partial charge on any atom is -0.335 e. The van der Waals surface area contributed by atoms with E-state index < -0.39 is 0 Å². The summed E-state index contributed by atoms with van der Waals surface area (Å²) in [6.45, 7) is 2.97. The average Bonchev–Trinajstić information content (AvgIpc) is 3.18. The second kappa shape index (κ2) is 8.62. The molecule has 0 radical (unpaired) electrons. The summed E-state index contributed by atoms with van der Waals surface area (Å²) in [5, 5.41) is 4.65. The number of amides is 2. The molecule has 26 heavy (non-hydrogen) atoms. The first kappa shape index (κ1) is 18.8. The van der Waals surface area contributed by atoms with E-state index in [4.69, 9.17) is 0 Å². The Balaban J connectivity index is 1.84. The highest BCUT2D eigenvalue weighted by Gasteiger charge is 2.24. The van der Waals surface area contributed by atoms with Crippen molar-refractivity contribution in [2.75, 3.05) is 33.2 Å². The van der Waals surface area contributed by atoms with E-state index in [1.165, 1.54) is 11.3 Å². The molecule has 0 unspecified atom stereocenters. The molecule has 0 aliphatic carbocycles. The maximum absolute atomic E-state index is 13.0. The topological polar surface area (TPSA) is 52.6 Å². The van der Waals surface area contributed by atoms with Crippen molar-refractivity contribution in [3.05, 3.63) is 62.4 Å². The minimum atomic E-state index is -0.258. The van der Waals surface area contributed by atoms with Crippen molar-refractivity contribution in [1.29, 1.82) is 0 Å². The van der Waals surface area contributed by atoms with E-state index >= 15 is 0 Å². The summed E-state index contributed by atoms with van der Waals surface area (Å²) in [5.41, 5.74) is 1.16. The lowest BCUT2D eigenvalue weighted by Gasteiger charge is -2.33. The van der Waals surface area contributed by atoms with Crippen molar-refractivity contribution >= 4 is 45.2 Å². The van der Waals surface area contributed by atoms with Gasteiger partial charge in [-0.2, -0.15) is 0 Å². The van der Waals surface area contributed by atoms with Gasteiger partial charge in [0.05, 0.1) is 4.88 Å². The first-order valence-electron chi connectivity index (χ1n) is 8.33. The zero-order chi connectivity index (χ0) is 18.5. The van der Waals surface area contributed by atoms with Crippen LogP contribution >= 0.6 is 27.3 Å². The minimum absolute atomic E-state index is 0.147. The van der Waals surface area contributed by atoms with Gasteiger partial charge in [-0.3, -0.25) is 9.59 Å². The van der Waals surface area contributed by atoms with E-state index in [0.717, 1.165) is 23.1 Å². The summed E-state index contributed by atoms with van der Waals surface area (Å²) in [5.74, 6) is -0.406. The molecule has 1 aliphatic rings. The molecule has 2 aromatic rings. The van der Waals surface area contributed by atoms with E-state index in [1.54, 1.807) is 17.0 Å². The van der Waals surface area contributed by atoms with Gasteiger partial charge in [-0.05, 0) is 42.3 Å². The molecule has 1 N–H and O–H groups in total. The number of benzene rings is 1. The molecule has 5 nitrogen and oxygen atoms in total. The highest BCUT2D eigenvalue weighted by Crippen LogP contribution is 2.15. The monoisotopic (exact) mass is 433 g/mol. The molecule has 1 fully saturated rings. The summed E-state index contributed by atoms with van der Waals surface area (Å²) in [4.78, 5) is 30.0. The molecular formula is C19H20BrN3O2S. The summed E-state index contributed by atoms with van der Waals surface area (Å²) in [7, 11) is 2.04. The van der Waals surface area contributed by atoms with Gasteiger partial charge in [0.15, 0.2) is 0 Å². The molecular weight excluding hydrogens is 414 g/mol. The highest BCUT2D eigenvalue weighted by atomic mass is 79.9. The van der Waals surface area contributed by atoms with E-state index in [9.17, 15) is 9.59 Å². The Kier molecular flexibility index (Phi) is 6.24. The first-order valence-corrected chi connectivity index (χ1v) is 10.00. The maximum atomic E-state index is 13.0. The molecule has 0 bridgehead atoms. The lowest BCUT2D eigenvalue weighted by molar-refractivity contribution is -0.128. The number of halogens is 1. The van der Waals surface area contributed by atoms with Crippen LogP contribution in [0.3, 0.4) is 0 Å². The Hall–Kier alpha value is -1.96. The van der Waals surface area contributed by atoms with Gasteiger partial charge < -0.3 is 15.1 Å². The predicted octanol–water partition coefficient (Wildman–Crippen LogP) is 3.06. The lowest BCUT2D eigenvalue weighted by atomic mass is 10.1. The van der Waals surface area contributed by atoms with E-state index in [-0.39, 0.29) is 11.8 Å². The Bertz CT molecular complexity index is 795. The van der Waals surface area contributed by atoms with E-state index in [1.807, 2.05) is 42.8 Å². The van der Waals surface area contributed by atoms with Crippen LogP contribution in [0.5, 0.6) is 0 Å². The van der Waals surface area contributed by atoms with Gasteiger partial charge in [-0.1, -0.05) is 34.1 Å². The molecule has 0 atom stereocenters. The van der Waals surface area contributed by atoms with Gasteiger partial charge in [0.25, 0.3) is 11.8 Å². The van der Waals surface area contributed by atoms with Gasteiger partial charge in [0.2, 0.25) is 0 Å². The summed E-state index contributed by atoms with van der Waals surface area (Å²) < 4.78 is 0.962. The maximum Gasteiger partial charge on any atom is 0.270 e. The van der Waals surface area contributed by atoms with Crippen LogP contribution < -0.4 is 5.32 Å². The van der Waals surface area contributed by atoms with Gasteiger partial charge in [-0.15, -0.1) is 11.3 Å². The predicted molar refractivity (Wildman–Crippen MR) is 108 cm³/mol. The molecule has 2 amide bonds. The molecule has 7 heteroatoms. The second-order valence-electron chi connectivity index (χ2n) is 6.14. The largest absolute Gasteiger partial charge is 0.335 e. The third-order valence-electron chi connectivity index (χ3n) is 4.20. The normalized spacial score (nSPS) is 15.8. The fourth-order valence-electron chi connectivity index (χ4n) is 2.65. The fraction of sp³-hybridized carbons (Fsp3) is 0.263. The molecule has 2 heterocycles. The SMILES string of the molecule is CN1CCN(C(=O)C(=Cc2ccc(Br)cc2)NC(=O)c2cccs2)CC1. The van der Waals surface area contributed by atoms with Crippen LogP contribution in [0.1, 0.15) is 15.2 Å². The van der Waals surface area contributed by atoms with Gasteiger partial charge in [0.1, 0.15) is 5.70 Å². The third kappa shape index (κ3) is 4.81. The summed E-state index contributed by atoms with van der Waals surface area (Å²) in [6.07, 6.45) is 1.73. The van der Waals surface area contributed by atoms with Crippen molar-refractivity contribution in [2.45, 2.75) is 0 Å². The van der Waals surface area contributed by atoms with Crippen molar-refractivity contribution < 1.29 is 9.59 Å². The van der Waals surface area contributed by atoms with Crippen LogP contribution in [0.15, 0.2) is 51.9 Å². The van der Waals surface area contributed by atoms with Crippen molar-refractivity contribution in [2.24, 2.45) is 0 Å². The Morgan fingerprint density at radius 3 is 2.42 bits per heavy atom. The number of likely N-dealkylation sites (N-methyl/N-ethyl adjacent to an activating group) is 1. The molecule has 3 rings (SSSR count). The third-order valence-corrected chi connectivity index (χ3v) is 5.59. The second-order valence-corrected chi connectivity index (χ2v) is 8.00. The van der Waals surface area contributed by atoms with Crippen molar-refractivity contribution in [1.82, 2.24) is 15.1 Å². The molecule has 1 aromatic carbocycles. The summed E-state index contributed by atoms with van der Waals surface area (Å²) >= 11 is 4.76. The quantitative estimate of drug-likeness (QED) is 0.753. The van der Waals surface area contributed by atoms with Crippen LogP contribution in [0, 0.1) is 0 Å². The highest BCUT2D eigenvalue weighted by molar-refractivity contribution is 9.10. The first-order chi connectivity index (χ1) is 12.5. The number of hydrogen-bond donors (Lipinski definition) is 1. The van der Waals surface area contributed by atoms with Crippen LogP contribution in [0.2, 0.25) is 0 Å². The van der Waals surface area contributed by atoms with Crippen LogP contribution in [-0.4, -0.2) is 54.8 Å². The Labute approximate surface area is 165 Å². The molecule has 1 aromatic heterocycles. The van der Waals surface area contributed by atoms with Crippen LogP contribution in [0.25, 0.3) is 6.08 Å². The number of piperazine rings is 1. The zero-order valence-corrected chi connectivity index (χ0v) is 16.8. The molecule has 1 aliphatic heterocycles. The van der Waals surface area contributed by atoms with Gasteiger partial charge >= 0.3 is 0 Å². The number of carbonyl (C=O) groups excluding carboxylic acids is 2. The molecule has 0 spiro atoms. The van der Waals surface area contributed by atoms with E-state index in [2.05, 4.69) is 26.1 Å². The Morgan fingerprint density at radius 2 is 1.81 bits per heavy atom. The number of nitrogens with zero attached hydrogens (tertiary/aromatic N) is 2. The number of nitrogens with one attached hydrogen (secondary N) is 1. The average molecular weight is 434 g/mol. The van der Waals surface area contributed by atoms with Crippen molar-refractivity contribution in [3.8, 4) is 0 Å².